The fourth-order valence-corrected chi connectivity index (χ4v) is 5.62. The molecule has 1 aliphatic carbocycles. The fraction of sp³-hybridized carbons (Fsp3) is 0.379. The van der Waals surface area contributed by atoms with E-state index in [0.29, 0.717) is 50.0 Å². The van der Waals surface area contributed by atoms with Gasteiger partial charge >= 0.3 is 12.1 Å². The molecule has 2 amide bonds. The molecule has 1 aromatic heterocycles. The highest BCUT2D eigenvalue weighted by Crippen LogP contribution is 2.37. The number of benzene rings is 2. The van der Waals surface area contributed by atoms with Crippen molar-refractivity contribution in [3.63, 3.8) is 0 Å². The summed E-state index contributed by atoms with van der Waals surface area (Å²) in [6, 6.07) is 14.9. The zero-order valence-electron chi connectivity index (χ0n) is 21.5. The average Bonchev–Trinajstić information content (AvgIpc) is 3.62. The molecule has 1 aliphatic heterocycles. The van der Waals surface area contributed by atoms with Crippen LogP contribution in [0.3, 0.4) is 0 Å². The summed E-state index contributed by atoms with van der Waals surface area (Å²) in [5.41, 5.74) is 0.756. The highest BCUT2D eigenvalue weighted by Gasteiger charge is 2.42. The van der Waals surface area contributed by atoms with Crippen molar-refractivity contribution in [2.24, 2.45) is 11.8 Å². The third-order valence-electron chi connectivity index (χ3n) is 7.72. The molecular formula is C29H28F3N3O5. The van der Waals surface area contributed by atoms with E-state index in [2.05, 4.69) is 10.3 Å². The normalized spacial score (nSPS) is 19.9. The van der Waals surface area contributed by atoms with E-state index in [-0.39, 0.29) is 17.7 Å². The van der Waals surface area contributed by atoms with E-state index in [1.54, 1.807) is 47.4 Å². The highest BCUT2D eigenvalue weighted by atomic mass is 19.4. The van der Waals surface area contributed by atoms with Crippen LogP contribution in [0, 0.1) is 11.8 Å². The van der Waals surface area contributed by atoms with E-state index in [0.717, 1.165) is 12.0 Å². The molecule has 2 heterocycles. The summed E-state index contributed by atoms with van der Waals surface area (Å²) in [7, 11) is 0. The SMILES string of the molecule is O=C(Nc1ccc(C2CCN(C(=O)[C@H]3CCC[C@@H]3C(=O)O)CC2)cc1)c1nc(-c2ccccc2)oc1C(F)(F)F. The van der Waals surface area contributed by atoms with Gasteiger partial charge in [-0.15, -0.1) is 0 Å². The molecule has 2 N–H and O–H groups in total. The Hall–Kier alpha value is -4.15. The summed E-state index contributed by atoms with van der Waals surface area (Å²) in [6.07, 6.45) is -1.60. The lowest BCUT2D eigenvalue weighted by Gasteiger charge is -2.34. The van der Waals surface area contributed by atoms with Crippen molar-refractivity contribution in [3.05, 3.63) is 71.6 Å². The number of carboxylic acids is 1. The molecule has 2 aliphatic rings. The Morgan fingerprint density at radius 3 is 2.20 bits per heavy atom. The lowest BCUT2D eigenvalue weighted by molar-refractivity contribution is -0.153. The van der Waals surface area contributed by atoms with Crippen LogP contribution in [0.1, 0.15) is 59.8 Å². The molecule has 5 rings (SSSR count). The number of nitrogens with one attached hydrogen (secondary N) is 1. The van der Waals surface area contributed by atoms with Crippen molar-refractivity contribution in [1.82, 2.24) is 9.88 Å². The molecule has 0 unspecified atom stereocenters. The van der Waals surface area contributed by atoms with Crippen molar-refractivity contribution in [2.75, 3.05) is 18.4 Å². The largest absolute Gasteiger partial charge is 0.481 e. The molecule has 8 nitrogen and oxygen atoms in total. The first-order valence-corrected chi connectivity index (χ1v) is 13.2. The Morgan fingerprint density at radius 2 is 1.57 bits per heavy atom. The average molecular weight is 556 g/mol. The third kappa shape index (κ3) is 5.73. The molecule has 0 spiro atoms. The number of aromatic nitrogens is 1. The van der Waals surface area contributed by atoms with Gasteiger partial charge in [-0.25, -0.2) is 4.98 Å². The van der Waals surface area contributed by atoms with Gasteiger partial charge in [0.05, 0.1) is 11.8 Å². The van der Waals surface area contributed by atoms with Crippen LogP contribution in [0.5, 0.6) is 0 Å². The van der Waals surface area contributed by atoms with Crippen molar-refractivity contribution in [2.45, 2.75) is 44.2 Å². The molecule has 11 heteroatoms. The first kappa shape index (κ1) is 27.4. The lowest BCUT2D eigenvalue weighted by Crippen LogP contribution is -2.43. The van der Waals surface area contributed by atoms with Crippen LogP contribution in [0.15, 0.2) is 59.0 Å². The first-order valence-electron chi connectivity index (χ1n) is 13.2. The number of rotatable bonds is 6. The van der Waals surface area contributed by atoms with Gasteiger partial charge in [0.15, 0.2) is 5.69 Å². The molecule has 40 heavy (non-hydrogen) atoms. The predicted octanol–water partition coefficient (Wildman–Crippen LogP) is 5.82. The number of piperidine rings is 1. The summed E-state index contributed by atoms with van der Waals surface area (Å²) >= 11 is 0. The van der Waals surface area contributed by atoms with Crippen LogP contribution in [0.25, 0.3) is 11.5 Å². The second-order valence-electron chi connectivity index (χ2n) is 10.2. The highest BCUT2D eigenvalue weighted by molar-refractivity contribution is 6.04. The number of amides is 2. The summed E-state index contributed by atoms with van der Waals surface area (Å²) in [5.74, 6) is -4.70. The van der Waals surface area contributed by atoms with Gasteiger partial charge in [-0.2, -0.15) is 13.2 Å². The third-order valence-corrected chi connectivity index (χ3v) is 7.72. The van der Waals surface area contributed by atoms with E-state index in [9.17, 15) is 32.7 Å². The molecule has 210 valence electrons. The van der Waals surface area contributed by atoms with Crippen molar-refractivity contribution >= 4 is 23.5 Å². The number of hydrogen-bond donors (Lipinski definition) is 2. The van der Waals surface area contributed by atoms with Crippen LogP contribution in [0.4, 0.5) is 18.9 Å². The number of carbonyl (C=O) groups excluding carboxylic acids is 2. The Kier molecular flexibility index (Phi) is 7.64. The van der Waals surface area contributed by atoms with Crippen molar-refractivity contribution in [3.8, 4) is 11.5 Å². The van der Waals surface area contributed by atoms with Gasteiger partial charge < -0.3 is 19.7 Å². The summed E-state index contributed by atoms with van der Waals surface area (Å²) in [4.78, 5) is 42.8. The maximum atomic E-state index is 13.6. The van der Waals surface area contributed by atoms with E-state index in [1.165, 1.54) is 12.1 Å². The van der Waals surface area contributed by atoms with Gasteiger partial charge in [0, 0.05) is 24.3 Å². The number of nitrogens with zero attached hydrogens (tertiary/aromatic N) is 2. The molecular weight excluding hydrogens is 527 g/mol. The summed E-state index contributed by atoms with van der Waals surface area (Å²) in [5, 5.41) is 11.9. The van der Waals surface area contributed by atoms with Crippen LogP contribution in [0.2, 0.25) is 0 Å². The number of aliphatic carboxylic acids is 1. The minimum absolute atomic E-state index is 0.0806. The molecule has 1 saturated heterocycles. The number of anilines is 1. The molecule has 3 aromatic rings. The molecule has 0 bridgehead atoms. The molecule has 2 fully saturated rings. The second kappa shape index (κ2) is 11.1. The number of halogens is 3. The Labute approximate surface area is 228 Å². The number of hydrogen-bond acceptors (Lipinski definition) is 5. The molecule has 0 radical (unpaired) electrons. The minimum atomic E-state index is -4.90. The van der Waals surface area contributed by atoms with Crippen LogP contribution >= 0.6 is 0 Å². The van der Waals surface area contributed by atoms with Crippen LogP contribution in [-0.2, 0) is 15.8 Å². The van der Waals surface area contributed by atoms with Crippen molar-refractivity contribution in [1.29, 1.82) is 0 Å². The monoisotopic (exact) mass is 555 g/mol. The van der Waals surface area contributed by atoms with Crippen LogP contribution in [-0.4, -0.2) is 45.9 Å². The maximum absolute atomic E-state index is 13.6. The zero-order chi connectivity index (χ0) is 28.4. The number of oxazole rings is 1. The van der Waals surface area contributed by atoms with E-state index in [4.69, 9.17) is 4.42 Å². The van der Waals surface area contributed by atoms with Gasteiger partial charge in [-0.1, -0.05) is 36.8 Å². The Morgan fingerprint density at radius 1 is 0.925 bits per heavy atom. The molecule has 2 atom stereocenters. The second-order valence-corrected chi connectivity index (χ2v) is 10.2. The maximum Gasteiger partial charge on any atom is 0.452 e. The quantitative estimate of drug-likeness (QED) is 0.396. The molecule has 2 aromatic carbocycles. The van der Waals surface area contributed by atoms with Crippen molar-refractivity contribution < 1.29 is 37.1 Å². The molecule has 1 saturated carbocycles. The van der Waals surface area contributed by atoms with Gasteiger partial charge in [0.1, 0.15) is 0 Å². The predicted molar refractivity (Wildman–Crippen MR) is 138 cm³/mol. The minimum Gasteiger partial charge on any atom is -0.481 e. The zero-order valence-corrected chi connectivity index (χ0v) is 21.5. The van der Waals surface area contributed by atoms with Gasteiger partial charge in [-0.05, 0) is 61.4 Å². The lowest BCUT2D eigenvalue weighted by atomic mass is 9.88. The van der Waals surface area contributed by atoms with E-state index in [1.807, 2.05) is 0 Å². The number of carbonyl (C=O) groups is 3. The topological polar surface area (TPSA) is 113 Å². The van der Waals surface area contributed by atoms with Crippen LogP contribution < -0.4 is 5.32 Å². The number of likely N-dealkylation sites (tertiary alicyclic amines) is 1. The van der Waals surface area contributed by atoms with Gasteiger partial charge in [-0.3, -0.25) is 14.4 Å². The summed E-state index contributed by atoms with van der Waals surface area (Å²) in [6.45, 7) is 1.06. The summed E-state index contributed by atoms with van der Waals surface area (Å²) < 4.78 is 45.7. The Bertz CT molecular complexity index is 1380. The van der Waals surface area contributed by atoms with Gasteiger partial charge in [0.2, 0.25) is 17.6 Å². The van der Waals surface area contributed by atoms with Gasteiger partial charge in [0.25, 0.3) is 5.91 Å². The Balaban J connectivity index is 1.22. The van der Waals surface area contributed by atoms with E-state index < -0.39 is 41.3 Å². The first-order chi connectivity index (χ1) is 19.1. The van der Waals surface area contributed by atoms with E-state index >= 15 is 0 Å². The smallest absolute Gasteiger partial charge is 0.452 e. The fourth-order valence-electron chi connectivity index (χ4n) is 5.62. The number of alkyl halides is 3. The number of carboxylic acid groups (broad SMARTS) is 1. The standard InChI is InChI=1S/C29H28F3N3O5/c30-29(31,32)24-23(34-26(40-24)19-5-2-1-3-6-19)25(36)33-20-11-9-17(10-12-20)18-13-15-35(16-14-18)27(37)21-7-4-8-22(21)28(38)39/h1-3,5-6,9-12,18,21-22H,4,7-8,13-16H2,(H,33,36)(H,38,39)/t21-,22-/m0/s1.